The van der Waals surface area contributed by atoms with Gasteiger partial charge in [0.25, 0.3) is 0 Å². The molecule has 1 aromatic carbocycles. The molecule has 112 valence electrons. The second kappa shape index (κ2) is 5.93. The summed E-state index contributed by atoms with van der Waals surface area (Å²) >= 11 is 0. The minimum Gasteiger partial charge on any atom is -0.326 e. The minimum absolute atomic E-state index is 0.138. The molecule has 0 spiro atoms. The summed E-state index contributed by atoms with van der Waals surface area (Å²) < 4.78 is 12.9. The Kier molecular flexibility index (Phi) is 3.82. The molecule has 6 heteroatoms. The molecule has 5 nitrogen and oxygen atoms in total. The molecule has 1 aromatic heterocycles. The van der Waals surface area contributed by atoms with Crippen molar-refractivity contribution in [1.82, 2.24) is 4.98 Å². The summed E-state index contributed by atoms with van der Waals surface area (Å²) in [6.07, 6.45) is 3.31. The molecule has 0 radical (unpaired) electrons. The van der Waals surface area contributed by atoms with Crippen LogP contribution in [0.1, 0.15) is 6.42 Å². The number of nitrogens with zero attached hydrogens (tertiary/aromatic N) is 2. The number of benzene rings is 1. The summed E-state index contributed by atoms with van der Waals surface area (Å²) in [7, 11) is 0. The Hall–Kier alpha value is -2.76. The Bertz CT molecular complexity index is 688. The fourth-order valence-corrected chi connectivity index (χ4v) is 2.43. The first-order valence-corrected chi connectivity index (χ1v) is 6.90. The van der Waals surface area contributed by atoms with Gasteiger partial charge in [0.1, 0.15) is 5.82 Å². The fraction of sp³-hybridized carbons (Fsp3) is 0.188. The van der Waals surface area contributed by atoms with Crippen LogP contribution >= 0.6 is 0 Å². The molecule has 0 saturated carbocycles. The molecule has 22 heavy (non-hydrogen) atoms. The highest BCUT2D eigenvalue weighted by Gasteiger charge is 2.35. The summed E-state index contributed by atoms with van der Waals surface area (Å²) in [4.78, 5) is 29.7. The van der Waals surface area contributed by atoms with Crippen molar-refractivity contribution < 1.29 is 14.0 Å². The van der Waals surface area contributed by atoms with E-state index in [9.17, 15) is 14.0 Å². The van der Waals surface area contributed by atoms with Gasteiger partial charge in [-0.15, -0.1) is 0 Å². The van der Waals surface area contributed by atoms with E-state index in [-0.39, 0.29) is 24.1 Å². The van der Waals surface area contributed by atoms with Crippen molar-refractivity contribution in [2.45, 2.75) is 6.42 Å². The number of amides is 2. The van der Waals surface area contributed by atoms with Crippen LogP contribution in [-0.4, -0.2) is 23.3 Å². The third-order valence-corrected chi connectivity index (χ3v) is 3.58. The van der Waals surface area contributed by atoms with E-state index in [0.29, 0.717) is 17.9 Å². The number of hydrogen-bond donors (Lipinski definition) is 1. The summed E-state index contributed by atoms with van der Waals surface area (Å²) in [5.74, 6) is -1.13. The maximum absolute atomic E-state index is 12.9. The molecule has 0 aliphatic carbocycles. The highest BCUT2D eigenvalue weighted by atomic mass is 19.1. The van der Waals surface area contributed by atoms with Crippen molar-refractivity contribution >= 4 is 23.2 Å². The molecular weight excluding hydrogens is 285 g/mol. The Morgan fingerprint density at radius 3 is 2.55 bits per heavy atom. The van der Waals surface area contributed by atoms with Crippen molar-refractivity contribution in [3.8, 4) is 0 Å². The summed E-state index contributed by atoms with van der Waals surface area (Å²) in [5, 5.41) is 2.77. The van der Waals surface area contributed by atoms with Gasteiger partial charge in [-0.2, -0.15) is 0 Å². The van der Waals surface area contributed by atoms with Crippen molar-refractivity contribution in [3.05, 3.63) is 54.6 Å². The van der Waals surface area contributed by atoms with Crippen LogP contribution in [0, 0.1) is 11.7 Å². The molecule has 1 fully saturated rings. The van der Waals surface area contributed by atoms with E-state index < -0.39 is 5.92 Å². The average Bonchev–Trinajstić information content (AvgIpc) is 2.91. The van der Waals surface area contributed by atoms with Gasteiger partial charge in [-0.05, 0) is 36.4 Å². The minimum atomic E-state index is -0.425. The standard InChI is InChI=1S/C16H14FN3O2/c17-12-1-3-14(4-2-12)20-10-11(9-15(20)21)16(22)19-13-5-7-18-8-6-13/h1-8,11H,9-10H2,(H,18,19,22)/t11-/m1/s1. The summed E-state index contributed by atoms with van der Waals surface area (Å²) in [5.41, 5.74) is 1.25. The molecule has 0 unspecified atom stereocenters. The smallest absolute Gasteiger partial charge is 0.229 e. The van der Waals surface area contributed by atoms with Crippen LogP contribution in [0.5, 0.6) is 0 Å². The average molecular weight is 299 g/mol. The van der Waals surface area contributed by atoms with Gasteiger partial charge in [0.05, 0.1) is 5.92 Å². The summed E-state index contributed by atoms with van der Waals surface area (Å²) in [6.45, 7) is 0.293. The number of hydrogen-bond acceptors (Lipinski definition) is 3. The Morgan fingerprint density at radius 2 is 1.86 bits per heavy atom. The van der Waals surface area contributed by atoms with Crippen molar-refractivity contribution in [2.75, 3.05) is 16.8 Å². The fourth-order valence-electron chi connectivity index (χ4n) is 2.43. The van der Waals surface area contributed by atoms with Crippen LogP contribution in [0.3, 0.4) is 0 Å². The third-order valence-electron chi connectivity index (χ3n) is 3.58. The maximum Gasteiger partial charge on any atom is 0.229 e. The van der Waals surface area contributed by atoms with Crippen LogP contribution in [0.25, 0.3) is 0 Å². The number of rotatable bonds is 3. The van der Waals surface area contributed by atoms with E-state index in [4.69, 9.17) is 0 Å². The van der Waals surface area contributed by atoms with Gasteiger partial charge in [0.2, 0.25) is 11.8 Å². The Labute approximate surface area is 126 Å². The van der Waals surface area contributed by atoms with E-state index >= 15 is 0 Å². The molecule has 3 rings (SSSR count). The first-order chi connectivity index (χ1) is 10.6. The van der Waals surface area contributed by atoms with Crippen molar-refractivity contribution in [1.29, 1.82) is 0 Å². The van der Waals surface area contributed by atoms with E-state index in [1.54, 1.807) is 24.5 Å². The van der Waals surface area contributed by atoms with Gasteiger partial charge in [-0.25, -0.2) is 4.39 Å². The SMILES string of the molecule is O=C(Nc1ccncc1)[C@@H]1CC(=O)N(c2ccc(F)cc2)C1. The molecule has 2 heterocycles. The van der Waals surface area contributed by atoms with E-state index in [1.807, 2.05) is 0 Å². The molecule has 1 atom stereocenters. The van der Waals surface area contributed by atoms with E-state index in [1.165, 1.54) is 29.2 Å². The lowest BCUT2D eigenvalue weighted by Gasteiger charge is -2.16. The van der Waals surface area contributed by atoms with E-state index in [2.05, 4.69) is 10.3 Å². The molecular formula is C16H14FN3O2. The second-order valence-electron chi connectivity index (χ2n) is 5.11. The number of anilines is 2. The van der Waals surface area contributed by atoms with Gasteiger partial charge in [0, 0.05) is 36.7 Å². The normalized spacial score (nSPS) is 17.6. The van der Waals surface area contributed by atoms with Gasteiger partial charge in [-0.1, -0.05) is 0 Å². The highest BCUT2D eigenvalue weighted by Crippen LogP contribution is 2.26. The molecule has 2 amide bonds. The lowest BCUT2D eigenvalue weighted by atomic mass is 10.1. The monoisotopic (exact) mass is 299 g/mol. The van der Waals surface area contributed by atoms with E-state index in [0.717, 1.165) is 0 Å². The zero-order chi connectivity index (χ0) is 15.5. The number of carbonyl (C=O) groups excluding carboxylic acids is 2. The molecule has 0 bridgehead atoms. The van der Waals surface area contributed by atoms with Crippen LogP contribution in [0.15, 0.2) is 48.8 Å². The lowest BCUT2D eigenvalue weighted by Crippen LogP contribution is -2.28. The largest absolute Gasteiger partial charge is 0.326 e. The molecule has 1 aliphatic rings. The second-order valence-corrected chi connectivity index (χ2v) is 5.11. The maximum atomic E-state index is 12.9. The molecule has 1 saturated heterocycles. The topological polar surface area (TPSA) is 62.3 Å². The number of halogens is 1. The number of pyridine rings is 1. The van der Waals surface area contributed by atoms with Gasteiger partial charge in [0.15, 0.2) is 0 Å². The van der Waals surface area contributed by atoms with Gasteiger partial charge < -0.3 is 10.2 Å². The molecule has 2 aromatic rings. The van der Waals surface area contributed by atoms with Crippen molar-refractivity contribution in [2.24, 2.45) is 5.92 Å². The first kappa shape index (κ1) is 14.2. The van der Waals surface area contributed by atoms with Gasteiger partial charge >= 0.3 is 0 Å². The van der Waals surface area contributed by atoms with Crippen LogP contribution in [0.4, 0.5) is 15.8 Å². The predicted molar refractivity (Wildman–Crippen MR) is 79.7 cm³/mol. The quantitative estimate of drug-likeness (QED) is 0.945. The number of nitrogens with one attached hydrogen (secondary N) is 1. The van der Waals surface area contributed by atoms with Crippen molar-refractivity contribution in [3.63, 3.8) is 0 Å². The summed E-state index contributed by atoms with van der Waals surface area (Å²) in [6, 6.07) is 9.05. The molecule has 1 aliphatic heterocycles. The van der Waals surface area contributed by atoms with Crippen LogP contribution in [-0.2, 0) is 9.59 Å². The zero-order valence-corrected chi connectivity index (χ0v) is 11.7. The molecule has 1 N–H and O–H groups in total. The number of aromatic nitrogens is 1. The lowest BCUT2D eigenvalue weighted by molar-refractivity contribution is -0.122. The van der Waals surface area contributed by atoms with Crippen LogP contribution in [0.2, 0.25) is 0 Å². The first-order valence-electron chi connectivity index (χ1n) is 6.90. The zero-order valence-electron chi connectivity index (χ0n) is 11.7. The Morgan fingerprint density at radius 1 is 1.18 bits per heavy atom. The highest BCUT2D eigenvalue weighted by molar-refractivity contribution is 6.03. The van der Waals surface area contributed by atoms with Crippen LogP contribution < -0.4 is 10.2 Å². The predicted octanol–water partition coefficient (Wildman–Crippen LogP) is 2.21. The third kappa shape index (κ3) is 2.95. The van der Waals surface area contributed by atoms with Gasteiger partial charge in [-0.3, -0.25) is 14.6 Å². The number of carbonyl (C=O) groups is 2. The Balaban J connectivity index is 1.69.